The molecule has 4 aromatic rings. The van der Waals surface area contributed by atoms with Crippen LogP contribution in [0.3, 0.4) is 0 Å². The van der Waals surface area contributed by atoms with Crippen LogP contribution in [0.5, 0.6) is 0 Å². The molecule has 1 aliphatic heterocycles. The maximum atomic E-state index is 5.62. The molecule has 5 rings (SSSR count). The standard InChI is InChI=1S/C19H20N6OS/c1-12-15-4-3-14(11-16(15)24(2)22-12)17-21-18(26-23-17)13-5-8-25(9-6-13)19-20-7-10-27-19/h3-4,7,10-11,13H,5-6,8-9H2,1-2H3. The summed E-state index contributed by atoms with van der Waals surface area (Å²) < 4.78 is 7.51. The molecular formula is C19H20N6OS. The Kier molecular flexibility index (Phi) is 3.93. The van der Waals surface area contributed by atoms with Gasteiger partial charge in [-0.25, -0.2) is 4.98 Å². The number of benzene rings is 1. The second-order valence-corrected chi connectivity index (χ2v) is 7.85. The Morgan fingerprint density at radius 1 is 1.22 bits per heavy atom. The molecule has 0 spiro atoms. The van der Waals surface area contributed by atoms with E-state index in [1.165, 1.54) is 0 Å². The summed E-state index contributed by atoms with van der Waals surface area (Å²) in [5, 5.41) is 13.0. The topological polar surface area (TPSA) is 72.9 Å². The van der Waals surface area contributed by atoms with Crippen molar-refractivity contribution < 1.29 is 4.52 Å². The van der Waals surface area contributed by atoms with Crippen LogP contribution in [0, 0.1) is 6.92 Å². The molecule has 1 fully saturated rings. The van der Waals surface area contributed by atoms with E-state index in [9.17, 15) is 0 Å². The van der Waals surface area contributed by atoms with E-state index in [4.69, 9.17) is 9.51 Å². The molecule has 0 amide bonds. The van der Waals surface area contributed by atoms with E-state index >= 15 is 0 Å². The van der Waals surface area contributed by atoms with Crippen LogP contribution in [0.15, 0.2) is 34.3 Å². The molecule has 1 aliphatic rings. The molecule has 27 heavy (non-hydrogen) atoms. The van der Waals surface area contributed by atoms with Crippen molar-refractivity contribution in [2.75, 3.05) is 18.0 Å². The van der Waals surface area contributed by atoms with Crippen LogP contribution >= 0.6 is 11.3 Å². The van der Waals surface area contributed by atoms with Crippen molar-refractivity contribution in [1.29, 1.82) is 0 Å². The first-order chi connectivity index (χ1) is 13.2. The zero-order chi connectivity index (χ0) is 18.4. The van der Waals surface area contributed by atoms with Crippen LogP contribution in [0.4, 0.5) is 5.13 Å². The molecule has 8 heteroatoms. The summed E-state index contributed by atoms with van der Waals surface area (Å²) >= 11 is 1.69. The number of thiazole rings is 1. The molecule has 0 saturated carbocycles. The first-order valence-corrected chi connectivity index (χ1v) is 9.99. The number of aryl methyl sites for hydroxylation is 2. The van der Waals surface area contributed by atoms with E-state index in [0.29, 0.717) is 11.7 Å². The Morgan fingerprint density at radius 3 is 2.85 bits per heavy atom. The van der Waals surface area contributed by atoms with Crippen LogP contribution in [0.2, 0.25) is 0 Å². The molecular weight excluding hydrogens is 360 g/mol. The predicted molar refractivity (Wildman–Crippen MR) is 105 cm³/mol. The van der Waals surface area contributed by atoms with Gasteiger partial charge in [0.1, 0.15) is 0 Å². The number of piperidine rings is 1. The van der Waals surface area contributed by atoms with Crippen molar-refractivity contribution in [3.8, 4) is 11.4 Å². The van der Waals surface area contributed by atoms with Gasteiger partial charge < -0.3 is 9.42 Å². The number of rotatable bonds is 3. The summed E-state index contributed by atoms with van der Waals surface area (Å²) in [6, 6.07) is 6.20. The number of anilines is 1. The average Bonchev–Trinajstić information content (AvgIpc) is 3.43. The van der Waals surface area contributed by atoms with Gasteiger partial charge in [0.2, 0.25) is 11.7 Å². The van der Waals surface area contributed by atoms with Crippen molar-refractivity contribution in [2.45, 2.75) is 25.7 Å². The number of aromatic nitrogens is 5. The molecule has 1 saturated heterocycles. The normalized spacial score (nSPS) is 15.7. The van der Waals surface area contributed by atoms with Gasteiger partial charge in [0.05, 0.1) is 11.2 Å². The molecule has 3 aromatic heterocycles. The molecule has 1 aromatic carbocycles. The highest BCUT2D eigenvalue weighted by Crippen LogP contribution is 2.32. The minimum Gasteiger partial charge on any atom is -0.348 e. The molecule has 138 valence electrons. The Bertz CT molecular complexity index is 1080. The summed E-state index contributed by atoms with van der Waals surface area (Å²) in [7, 11) is 1.96. The molecule has 7 nitrogen and oxygen atoms in total. The predicted octanol–water partition coefficient (Wildman–Crippen LogP) is 3.77. The quantitative estimate of drug-likeness (QED) is 0.539. The molecule has 4 heterocycles. The van der Waals surface area contributed by atoms with Gasteiger partial charge in [0.25, 0.3) is 0 Å². The summed E-state index contributed by atoms with van der Waals surface area (Å²) in [6.07, 6.45) is 3.86. The zero-order valence-electron chi connectivity index (χ0n) is 15.3. The summed E-state index contributed by atoms with van der Waals surface area (Å²) in [4.78, 5) is 11.4. The second kappa shape index (κ2) is 6.45. The van der Waals surface area contributed by atoms with Crippen LogP contribution in [-0.4, -0.2) is 38.0 Å². The molecule has 0 atom stereocenters. The fourth-order valence-electron chi connectivity index (χ4n) is 3.79. The third-order valence-corrected chi connectivity index (χ3v) is 6.10. The van der Waals surface area contributed by atoms with Crippen molar-refractivity contribution in [1.82, 2.24) is 24.9 Å². The fourth-order valence-corrected chi connectivity index (χ4v) is 4.48. The minimum absolute atomic E-state index is 0.310. The van der Waals surface area contributed by atoms with Gasteiger partial charge in [0.15, 0.2) is 5.13 Å². The fraction of sp³-hybridized carbons (Fsp3) is 0.368. The average molecular weight is 380 g/mol. The smallest absolute Gasteiger partial charge is 0.230 e. The highest BCUT2D eigenvalue weighted by atomic mass is 32.1. The van der Waals surface area contributed by atoms with E-state index in [1.54, 1.807) is 11.3 Å². The Morgan fingerprint density at radius 2 is 2.07 bits per heavy atom. The number of hydrogen-bond donors (Lipinski definition) is 0. The van der Waals surface area contributed by atoms with Crippen molar-refractivity contribution >= 4 is 27.4 Å². The number of fused-ring (bicyclic) bond motifs is 1. The van der Waals surface area contributed by atoms with E-state index in [-0.39, 0.29) is 0 Å². The van der Waals surface area contributed by atoms with Gasteiger partial charge in [0, 0.05) is 48.6 Å². The van der Waals surface area contributed by atoms with Crippen LogP contribution in [-0.2, 0) is 7.05 Å². The molecule has 0 radical (unpaired) electrons. The Hall–Kier alpha value is -2.74. The largest absolute Gasteiger partial charge is 0.348 e. The highest BCUT2D eigenvalue weighted by Gasteiger charge is 2.26. The SMILES string of the molecule is Cc1nn(C)c2cc(-c3noc(C4CCN(c5nccs5)CC4)n3)ccc12. The van der Waals surface area contributed by atoms with Gasteiger partial charge in [-0.2, -0.15) is 10.1 Å². The Balaban J connectivity index is 1.35. The lowest BCUT2D eigenvalue weighted by atomic mass is 9.97. The van der Waals surface area contributed by atoms with E-state index in [1.807, 2.05) is 36.3 Å². The van der Waals surface area contributed by atoms with Crippen molar-refractivity contribution in [3.05, 3.63) is 41.4 Å². The van der Waals surface area contributed by atoms with Crippen LogP contribution in [0.25, 0.3) is 22.3 Å². The lowest BCUT2D eigenvalue weighted by molar-refractivity contribution is 0.329. The van der Waals surface area contributed by atoms with E-state index in [2.05, 4.69) is 32.3 Å². The second-order valence-electron chi connectivity index (χ2n) is 6.97. The maximum absolute atomic E-state index is 5.62. The summed E-state index contributed by atoms with van der Waals surface area (Å²) in [5.41, 5.74) is 3.06. The highest BCUT2D eigenvalue weighted by molar-refractivity contribution is 7.13. The molecule has 0 aliphatic carbocycles. The molecule has 0 N–H and O–H groups in total. The maximum Gasteiger partial charge on any atom is 0.230 e. The Labute approximate surface area is 160 Å². The third-order valence-electron chi connectivity index (χ3n) is 5.27. The van der Waals surface area contributed by atoms with Crippen molar-refractivity contribution in [2.24, 2.45) is 7.05 Å². The van der Waals surface area contributed by atoms with Gasteiger partial charge in [-0.05, 0) is 25.8 Å². The first kappa shape index (κ1) is 16.4. The molecule has 0 unspecified atom stereocenters. The van der Waals surface area contributed by atoms with Gasteiger partial charge in [-0.15, -0.1) is 11.3 Å². The van der Waals surface area contributed by atoms with Crippen molar-refractivity contribution in [3.63, 3.8) is 0 Å². The first-order valence-electron chi connectivity index (χ1n) is 9.11. The molecule has 0 bridgehead atoms. The number of hydrogen-bond acceptors (Lipinski definition) is 7. The summed E-state index contributed by atoms with van der Waals surface area (Å²) in [5.74, 6) is 1.70. The lowest BCUT2D eigenvalue weighted by Crippen LogP contribution is -2.32. The minimum atomic E-state index is 0.310. The third kappa shape index (κ3) is 2.90. The van der Waals surface area contributed by atoms with Crippen LogP contribution < -0.4 is 4.90 Å². The number of nitrogens with zero attached hydrogens (tertiary/aromatic N) is 6. The van der Waals surface area contributed by atoms with Gasteiger partial charge >= 0.3 is 0 Å². The monoisotopic (exact) mass is 380 g/mol. The van der Waals surface area contributed by atoms with E-state index in [0.717, 1.165) is 59.1 Å². The van der Waals surface area contributed by atoms with Crippen LogP contribution in [0.1, 0.15) is 30.3 Å². The lowest BCUT2D eigenvalue weighted by Gasteiger charge is -2.29. The van der Waals surface area contributed by atoms with E-state index < -0.39 is 0 Å². The summed E-state index contributed by atoms with van der Waals surface area (Å²) in [6.45, 7) is 3.96. The van der Waals surface area contributed by atoms with Gasteiger partial charge in [-0.1, -0.05) is 17.3 Å². The van der Waals surface area contributed by atoms with Gasteiger partial charge in [-0.3, -0.25) is 4.68 Å². The zero-order valence-corrected chi connectivity index (χ0v) is 16.1.